The first-order chi connectivity index (χ1) is 10.0. The molecule has 2 aromatic rings. The van der Waals surface area contributed by atoms with Crippen LogP contribution in [0.5, 0.6) is 0 Å². The predicted octanol–water partition coefficient (Wildman–Crippen LogP) is 1.55. The predicted molar refractivity (Wildman–Crippen MR) is 76.0 cm³/mol. The van der Waals surface area contributed by atoms with Crippen LogP contribution in [-0.4, -0.2) is 20.1 Å². The van der Waals surface area contributed by atoms with Crippen molar-refractivity contribution >= 4 is 10.0 Å². The van der Waals surface area contributed by atoms with Crippen molar-refractivity contribution in [1.29, 1.82) is 0 Å². The van der Waals surface area contributed by atoms with E-state index in [1.54, 1.807) is 19.1 Å². The molecule has 0 amide bonds. The summed E-state index contributed by atoms with van der Waals surface area (Å²) in [5.41, 5.74) is 0.700. The van der Waals surface area contributed by atoms with Gasteiger partial charge in [-0.3, -0.25) is 0 Å². The number of furan rings is 1. The molecule has 0 aliphatic rings. The summed E-state index contributed by atoms with van der Waals surface area (Å²) in [5.74, 6) is 1.03. The lowest BCUT2D eigenvalue weighted by Crippen LogP contribution is -2.22. The number of rotatable bonds is 8. The first-order valence-electron chi connectivity index (χ1n) is 6.72. The Morgan fingerprint density at radius 2 is 2.05 bits per heavy atom. The summed E-state index contributed by atoms with van der Waals surface area (Å²) in [4.78, 5) is 0. The van der Waals surface area contributed by atoms with Gasteiger partial charge in [0.25, 0.3) is 10.0 Å². The van der Waals surface area contributed by atoms with Crippen LogP contribution < -0.4 is 10.0 Å². The second-order valence-corrected chi connectivity index (χ2v) is 6.35. The van der Waals surface area contributed by atoms with E-state index in [4.69, 9.17) is 8.94 Å². The third-order valence-corrected chi connectivity index (χ3v) is 4.01. The van der Waals surface area contributed by atoms with Gasteiger partial charge in [0.2, 0.25) is 5.09 Å². The Kier molecular flexibility index (Phi) is 5.16. The molecule has 0 unspecified atom stereocenters. The number of hydrogen-bond acceptors (Lipinski definition) is 6. The Labute approximate surface area is 123 Å². The van der Waals surface area contributed by atoms with Gasteiger partial charge in [-0.25, -0.2) is 13.1 Å². The lowest BCUT2D eigenvalue weighted by atomic mass is 10.4. The quantitative estimate of drug-likeness (QED) is 0.718. The fourth-order valence-corrected chi connectivity index (χ4v) is 2.66. The Morgan fingerprint density at radius 3 is 2.71 bits per heavy atom. The first-order valence-corrected chi connectivity index (χ1v) is 8.21. The van der Waals surface area contributed by atoms with E-state index in [1.165, 1.54) is 6.07 Å². The van der Waals surface area contributed by atoms with Gasteiger partial charge in [0.05, 0.1) is 18.8 Å². The van der Waals surface area contributed by atoms with Crippen LogP contribution in [0.1, 0.15) is 30.6 Å². The van der Waals surface area contributed by atoms with Crippen LogP contribution in [0.25, 0.3) is 0 Å². The first kappa shape index (κ1) is 15.7. The summed E-state index contributed by atoms with van der Waals surface area (Å²) in [6, 6.07) is 4.76. The van der Waals surface area contributed by atoms with Gasteiger partial charge in [0, 0.05) is 6.07 Å². The van der Waals surface area contributed by atoms with Crippen molar-refractivity contribution in [3.8, 4) is 0 Å². The Bertz CT molecular complexity index is 675. The maximum atomic E-state index is 12.1. The van der Waals surface area contributed by atoms with Gasteiger partial charge >= 0.3 is 0 Å². The average molecular weight is 313 g/mol. The molecule has 2 aromatic heterocycles. The minimum absolute atomic E-state index is 0.0350. The molecule has 0 saturated carbocycles. The van der Waals surface area contributed by atoms with Gasteiger partial charge in [-0.05, 0) is 32.0 Å². The largest absolute Gasteiger partial charge is 0.447 e. The minimum atomic E-state index is -3.69. The molecule has 21 heavy (non-hydrogen) atoms. The summed E-state index contributed by atoms with van der Waals surface area (Å²) < 4.78 is 36.8. The standard InChI is InChI=1S/C13H19N3O4S/c1-3-6-14-8-11-4-5-13(19-11)21(17,18)15-9-12-7-10(2)16-20-12/h4-5,7,14-15H,3,6,8-9H2,1-2H3. The molecule has 0 aliphatic heterocycles. The van der Waals surface area contributed by atoms with Crippen LogP contribution in [0.2, 0.25) is 0 Å². The molecule has 2 rings (SSSR count). The van der Waals surface area contributed by atoms with Crippen molar-refractivity contribution < 1.29 is 17.4 Å². The van der Waals surface area contributed by atoms with Crippen molar-refractivity contribution in [3.63, 3.8) is 0 Å². The number of hydrogen-bond donors (Lipinski definition) is 2. The molecular weight excluding hydrogens is 294 g/mol. The third-order valence-electron chi connectivity index (χ3n) is 2.74. The molecule has 2 N–H and O–H groups in total. The molecule has 116 valence electrons. The van der Waals surface area contributed by atoms with Crippen molar-refractivity contribution in [2.24, 2.45) is 0 Å². The van der Waals surface area contributed by atoms with E-state index >= 15 is 0 Å². The summed E-state index contributed by atoms with van der Waals surface area (Å²) in [7, 11) is -3.69. The lowest BCUT2D eigenvalue weighted by molar-refractivity contribution is 0.373. The molecule has 0 aromatic carbocycles. The highest BCUT2D eigenvalue weighted by Gasteiger charge is 2.19. The zero-order chi connectivity index (χ0) is 15.3. The lowest BCUT2D eigenvalue weighted by Gasteiger charge is -2.02. The van der Waals surface area contributed by atoms with E-state index in [9.17, 15) is 8.42 Å². The van der Waals surface area contributed by atoms with E-state index in [0.717, 1.165) is 13.0 Å². The van der Waals surface area contributed by atoms with Crippen molar-refractivity contribution in [3.05, 3.63) is 35.4 Å². The molecule has 0 radical (unpaired) electrons. The average Bonchev–Trinajstić information content (AvgIpc) is 3.06. The fraction of sp³-hybridized carbons (Fsp3) is 0.462. The number of sulfonamides is 1. The molecule has 8 heteroatoms. The smallest absolute Gasteiger partial charge is 0.274 e. The monoisotopic (exact) mass is 313 g/mol. The zero-order valence-electron chi connectivity index (χ0n) is 12.0. The summed E-state index contributed by atoms with van der Waals surface area (Å²) >= 11 is 0. The van der Waals surface area contributed by atoms with Crippen LogP contribution in [0.3, 0.4) is 0 Å². The van der Waals surface area contributed by atoms with Gasteiger partial charge < -0.3 is 14.3 Å². The Balaban J connectivity index is 1.95. The van der Waals surface area contributed by atoms with Crippen LogP contribution in [0, 0.1) is 6.92 Å². The van der Waals surface area contributed by atoms with E-state index in [0.29, 0.717) is 23.8 Å². The van der Waals surface area contributed by atoms with E-state index < -0.39 is 10.0 Å². The topological polar surface area (TPSA) is 97.4 Å². The fourth-order valence-electron chi connectivity index (χ4n) is 1.72. The SMILES string of the molecule is CCCNCc1ccc(S(=O)(=O)NCc2cc(C)no2)o1. The molecule has 7 nitrogen and oxygen atoms in total. The van der Waals surface area contributed by atoms with Gasteiger partial charge in [0.15, 0.2) is 5.76 Å². The van der Waals surface area contributed by atoms with Gasteiger partial charge in [0.1, 0.15) is 5.76 Å². The highest BCUT2D eigenvalue weighted by atomic mass is 32.2. The van der Waals surface area contributed by atoms with E-state index in [1.807, 2.05) is 0 Å². The Morgan fingerprint density at radius 1 is 1.24 bits per heavy atom. The normalized spacial score (nSPS) is 11.9. The third kappa shape index (κ3) is 4.42. The molecule has 0 atom stereocenters. The van der Waals surface area contributed by atoms with Crippen LogP contribution in [-0.2, 0) is 23.1 Å². The van der Waals surface area contributed by atoms with E-state index in [2.05, 4.69) is 22.1 Å². The summed E-state index contributed by atoms with van der Waals surface area (Å²) in [6.45, 7) is 5.22. The van der Waals surface area contributed by atoms with Gasteiger partial charge in [-0.1, -0.05) is 12.1 Å². The molecule has 2 heterocycles. The molecule has 0 aliphatic carbocycles. The summed E-state index contributed by atoms with van der Waals surface area (Å²) in [5, 5.41) is 6.73. The zero-order valence-corrected chi connectivity index (χ0v) is 12.9. The number of aromatic nitrogens is 1. The summed E-state index contributed by atoms with van der Waals surface area (Å²) in [6.07, 6.45) is 1.00. The van der Waals surface area contributed by atoms with Crippen molar-refractivity contribution in [1.82, 2.24) is 15.2 Å². The van der Waals surface area contributed by atoms with E-state index in [-0.39, 0.29) is 11.6 Å². The second kappa shape index (κ2) is 6.88. The molecule has 0 saturated heterocycles. The molecular formula is C13H19N3O4S. The van der Waals surface area contributed by atoms with Crippen LogP contribution in [0.15, 0.2) is 32.2 Å². The maximum absolute atomic E-state index is 12.1. The Hall–Kier alpha value is -1.64. The van der Waals surface area contributed by atoms with Crippen molar-refractivity contribution in [2.45, 2.75) is 38.5 Å². The number of nitrogens with zero attached hydrogens (tertiary/aromatic N) is 1. The number of aryl methyl sites for hydroxylation is 1. The minimum Gasteiger partial charge on any atom is -0.447 e. The highest BCUT2D eigenvalue weighted by Crippen LogP contribution is 2.14. The highest BCUT2D eigenvalue weighted by molar-refractivity contribution is 7.89. The molecule has 0 fully saturated rings. The maximum Gasteiger partial charge on any atom is 0.274 e. The number of nitrogens with one attached hydrogen (secondary N) is 2. The van der Waals surface area contributed by atoms with Crippen LogP contribution in [0.4, 0.5) is 0 Å². The van der Waals surface area contributed by atoms with Gasteiger partial charge in [-0.15, -0.1) is 0 Å². The van der Waals surface area contributed by atoms with Crippen LogP contribution >= 0.6 is 0 Å². The van der Waals surface area contributed by atoms with Crippen molar-refractivity contribution in [2.75, 3.05) is 6.54 Å². The molecule has 0 spiro atoms. The van der Waals surface area contributed by atoms with Gasteiger partial charge in [-0.2, -0.15) is 0 Å². The second-order valence-electron chi connectivity index (χ2n) is 4.66. The molecule has 0 bridgehead atoms.